The number of halogens is 1. The molecule has 4 aromatic heterocycles. The summed E-state index contributed by atoms with van der Waals surface area (Å²) in [5.74, 6) is -0.438. The third kappa shape index (κ3) is 4.90. The van der Waals surface area contributed by atoms with Crippen molar-refractivity contribution < 1.29 is 14.3 Å². The number of ether oxygens (including phenoxy) is 1. The van der Waals surface area contributed by atoms with Gasteiger partial charge in [-0.3, -0.25) is 14.5 Å². The quantitative estimate of drug-likeness (QED) is 0.308. The van der Waals surface area contributed by atoms with Crippen LogP contribution in [0.4, 0.5) is 10.6 Å². The smallest absolute Gasteiger partial charge is 0.413 e. The number of rotatable bonds is 5. The Morgan fingerprint density at radius 1 is 1.13 bits per heavy atom. The molecule has 4 heterocycles. The molecule has 10 nitrogen and oxygen atoms in total. The standard InChI is InChI=1S/C27H26ClN7O3/c1-16(18-13-19(28)20-14-29-15-34(20)22(18)17-9-6-5-7-10-17)31-25(36)21-23(32-26(37)38-27(2,3)4)33-35-12-8-11-30-24(21)35/h5-16H,1-4H3,(H,31,36)(H,32,33,37). The van der Waals surface area contributed by atoms with Crippen LogP contribution in [0.15, 0.2) is 67.4 Å². The van der Waals surface area contributed by atoms with Crippen LogP contribution >= 0.6 is 11.6 Å². The molecule has 11 heteroatoms. The first kappa shape index (κ1) is 25.2. The van der Waals surface area contributed by atoms with Crippen molar-refractivity contribution in [2.45, 2.75) is 39.3 Å². The van der Waals surface area contributed by atoms with Gasteiger partial charge in [0.2, 0.25) is 0 Å². The van der Waals surface area contributed by atoms with Gasteiger partial charge in [-0.1, -0.05) is 41.9 Å². The molecule has 0 aliphatic rings. The molecule has 0 aliphatic heterocycles. The zero-order chi connectivity index (χ0) is 27.0. The summed E-state index contributed by atoms with van der Waals surface area (Å²) in [6, 6.07) is 12.8. The van der Waals surface area contributed by atoms with Gasteiger partial charge in [-0.15, -0.1) is 5.10 Å². The van der Waals surface area contributed by atoms with Gasteiger partial charge in [0, 0.05) is 18.0 Å². The van der Waals surface area contributed by atoms with Crippen LogP contribution in [0, 0.1) is 0 Å². The molecule has 0 radical (unpaired) electrons. The average Bonchev–Trinajstić information content (AvgIpc) is 3.48. The summed E-state index contributed by atoms with van der Waals surface area (Å²) < 4.78 is 8.69. The summed E-state index contributed by atoms with van der Waals surface area (Å²) >= 11 is 6.60. The minimum atomic E-state index is -0.730. The molecule has 0 saturated heterocycles. The number of fused-ring (bicyclic) bond motifs is 2. The zero-order valence-corrected chi connectivity index (χ0v) is 22.0. The van der Waals surface area contributed by atoms with Crippen molar-refractivity contribution in [2.24, 2.45) is 0 Å². The van der Waals surface area contributed by atoms with Crippen LogP contribution in [-0.4, -0.2) is 41.6 Å². The van der Waals surface area contributed by atoms with Gasteiger partial charge in [0.15, 0.2) is 11.5 Å². The van der Waals surface area contributed by atoms with Crippen molar-refractivity contribution in [3.05, 3.63) is 83.5 Å². The van der Waals surface area contributed by atoms with E-state index in [0.717, 1.165) is 22.3 Å². The second-order valence-electron chi connectivity index (χ2n) is 9.74. The van der Waals surface area contributed by atoms with Gasteiger partial charge in [0.1, 0.15) is 11.2 Å². The maximum Gasteiger partial charge on any atom is 0.413 e. The van der Waals surface area contributed by atoms with Crippen LogP contribution in [-0.2, 0) is 4.74 Å². The number of amides is 2. The fourth-order valence-corrected chi connectivity index (χ4v) is 4.49. The summed E-state index contributed by atoms with van der Waals surface area (Å²) in [7, 11) is 0. The van der Waals surface area contributed by atoms with Crippen LogP contribution < -0.4 is 10.6 Å². The normalized spacial score (nSPS) is 12.4. The lowest BCUT2D eigenvalue weighted by Gasteiger charge is -2.21. The third-order valence-corrected chi connectivity index (χ3v) is 6.09. The largest absolute Gasteiger partial charge is 0.444 e. The Balaban J connectivity index is 1.53. The number of carbonyl (C=O) groups is 2. The second-order valence-corrected chi connectivity index (χ2v) is 10.2. The Morgan fingerprint density at radius 3 is 2.63 bits per heavy atom. The third-order valence-electron chi connectivity index (χ3n) is 5.78. The van der Waals surface area contributed by atoms with Gasteiger partial charge in [0.25, 0.3) is 5.91 Å². The number of aromatic nitrogens is 5. The van der Waals surface area contributed by atoms with E-state index in [-0.39, 0.29) is 17.0 Å². The van der Waals surface area contributed by atoms with E-state index in [2.05, 4.69) is 25.7 Å². The van der Waals surface area contributed by atoms with E-state index in [1.54, 1.807) is 51.8 Å². The van der Waals surface area contributed by atoms with Crippen molar-refractivity contribution in [1.82, 2.24) is 29.3 Å². The number of carbonyl (C=O) groups excluding carboxylic acids is 2. The van der Waals surface area contributed by atoms with Crippen LogP contribution in [0.3, 0.4) is 0 Å². The van der Waals surface area contributed by atoms with Crippen molar-refractivity contribution >= 4 is 40.6 Å². The summed E-state index contributed by atoms with van der Waals surface area (Å²) in [5, 5.41) is 10.5. The molecule has 0 aliphatic carbocycles. The van der Waals surface area contributed by atoms with Gasteiger partial charge >= 0.3 is 6.09 Å². The lowest BCUT2D eigenvalue weighted by molar-refractivity contribution is 0.0635. The molecule has 0 saturated carbocycles. The second kappa shape index (κ2) is 9.79. The molecule has 2 amide bonds. The molecule has 38 heavy (non-hydrogen) atoms. The predicted molar refractivity (Wildman–Crippen MR) is 144 cm³/mol. The highest BCUT2D eigenvalue weighted by atomic mass is 35.5. The van der Waals surface area contributed by atoms with Crippen LogP contribution in [0.5, 0.6) is 0 Å². The zero-order valence-electron chi connectivity index (χ0n) is 21.3. The maximum absolute atomic E-state index is 13.7. The number of anilines is 1. The molecule has 1 aromatic carbocycles. The van der Waals surface area contributed by atoms with E-state index in [1.165, 1.54) is 4.52 Å². The molecule has 0 spiro atoms. The minimum absolute atomic E-state index is 0.0361. The molecule has 0 fully saturated rings. The highest BCUT2D eigenvalue weighted by Gasteiger charge is 2.27. The molecule has 2 N–H and O–H groups in total. The summed E-state index contributed by atoms with van der Waals surface area (Å²) in [6.07, 6.45) is 5.85. The monoisotopic (exact) mass is 531 g/mol. The molecule has 0 bridgehead atoms. The van der Waals surface area contributed by atoms with Crippen molar-refractivity contribution in [1.29, 1.82) is 0 Å². The first-order valence-electron chi connectivity index (χ1n) is 12.0. The van der Waals surface area contributed by atoms with E-state index < -0.39 is 23.6 Å². The van der Waals surface area contributed by atoms with Crippen molar-refractivity contribution in [2.75, 3.05) is 5.32 Å². The minimum Gasteiger partial charge on any atom is -0.444 e. The van der Waals surface area contributed by atoms with Gasteiger partial charge in [-0.2, -0.15) is 0 Å². The van der Waals surface area contributed by atoms with Gasteiger partial charge in [0.05, 0.1) is 34.8 Å². The number of hydrogen-bond donors (Lipinski definition) is 2. The number of benzene rings is 1. The molecule has 1 atom stereocenters. The molecule has 5 rings (SSSR count). The molecule has 5 aromatic rings. The Hall–Kier alpha value is -4.44. The van der Waals surface area contributed by atoms with E-state index in [4.69, 9.17) is 16.3 Å². The van der Waals surface area contributed by atoms with Crippen LogP contribution in [0.1, 0.15) is 49.7 Å². The number of imidazole rings is 1. The van der Waals surface area contributed by atoms with E-state index in [0.29, 0.717) is 5.02 Å². The van der Waals surface area contributed by atoms with E-state index in [1.807, 2.05) is 47.7 Å². The molecule has 1 unspecified atom stereocenters. The molecule has 194 valence electrons. The Bertz CT molecular complexity index is 1650. The fourth-order valence-electron chi connectivity index (χ4n) is 4.23. The topological polar surface area (TPSA) is 115 Å². The predicted octanol–water partition coefficient (Wildman–Crippen LogP) is 5.54. The number of nitrogens with one attached hydrogen (secondary N) is 2. The van der Waals surface area contributed by atoms with Gasteiger partial charge in [-0.25, -0.2) is 19.3 Å². The fraction of sp³-hybridized carbons (Fsp3) is 0.222. The average molecular weight is 532 g/mol. The number of hydrogen-bond acceptors (Lipinski definition) is 6. The van der Waals surface area contributed by atoms with Gasteiger partial charge in [-0.05, 0) is 45.4 Å². The summed E-state index contributed by atoms with van der Waals surface area (Å²) in [4.78, 5) is 34.8. The lowest BCUT2D eigenvalue weighted by atomic mass is 9.99. The van der Waals surface area contributed by atoms with Crippen LogP contribution in [0.25, 0.3) is 22.4 Å². The summed E-state index contributed by atoms with van der Waals surface area (Å²) in [5.41, 5.74) is 2.99. The first-order chi connectivity index (χ1) is 18.1. The highest BCUT2D eigenvalue weighted by molar-refractivity contribution is 6.34. The molecular weight excluding hydrogens is 506 g/mol. The summed E-state index contributed by atoms with van der Waals surface area (Å²) in [6.45, 7) is 7.11. The lowest BCUT2D eigenvalue weighted by Crippen LogP contribution is -2.30. The van der Waals surface area contributed by atoms with Crippen molar-refractivity contribution in [3.8, 4) is 11.3 Å². The van der Waals surface area contributed by atoms with E-state index >= 15 is 0 Å². The van der Waals surface area contributed by atoms with Gasteiger partial charge < -0.3 is 10.1 Å². The molecular formula is C27H26ClN7O3. The first-order valence-corrected chi connectivity index (χ1v) is 12.3. The Labute approximate surface area is 223 Å². The Morgan fingerprint density at radius 2 is 1.89 bits per heavy atom. The SMILES string of the molecule is CC(NC(=O)c1c(NC(=O)OC(C)(C)C)nn2cccnc12)c1cc(Cl)c2cncn2c1-c1ccccc1. The number of nitrogens with zero attached hydrogens (tertiary/aromatic N) is 5. The highest BCUT2D eigenvalue weighted by Crippen LogP contribution is 2.34. The van der Waals surface area contributed by atoms with Crippen molar-refractivity contribution in [3.63, 3.8) is 0 Å². The maximum atomic E-state index is 13.7. The Kier molecular flexibility index (Phi) is 6.50. The van der Waals surface area contributed by atoms with E-state index in [9.17, 15) is 9.59 Å². The van der Waals surface area contributed by atoms with Crippen LogP contribution in [0.2, 0.25) is 5.02 Å². The number of pyridine rings is 1.